The Morgan fingerprint density at radius 2 is 1.76 bits per heavy atom. The summed E-state index contributed by atoms with van der Waals surface area (Å²) in [6.45, 7) is 5.15. The van der Waals surface area contributed by atoms with Gasteiger partial charge in [-0.2, -0.15) is 0 Å². The summed E-state index contributed by atoms with van der Waals surface area (Å²) in [5.41, 5.74) is 0.103. The minimum Gasteiger partial charge on any atom is -0.480 e. The molecule has 0 radical (unpaired) electrons. The highest BCUT2D eigenvalue weighted by Crippen LogP contribution is 2.21. The highest BCUT2D eigenvalue weighted by Gasteiger charge is 2.24. The standard InChI is InChI=1S/C14H17Br2NO4/c1-14(2,3)21-13(20)17-11(12(18)19)6-8-4-9(15)7-10(16)5-8/h4-5,7,11H,6H2,1-3H3,(H,17,20)(H,18,19). The zero-order chi connectivity index (χ0) is 16.2. The Bertz CT molecular complexity index is 520. The van der Waals surface area contributed by atoms with Gasteiger partial charge in [-0.15, -0.1) is 0 Å². The molecule has 116 valence electrons. The Kier molecular flexibility index (Phi) is 6.22. The number of carboxylic acids is 1. The van der Waals surface area contributed by atoms with E-state index in [0.717, 1.165) is 14.5 Å². The molecule has 0 heterocycles. The molecule has 1 rings (SSSR count). The van der Waals surface area contributed by atoms with E-state index in [1.54, 1.807) is 32.9 Å². The number of hydrogen-bond donors (Lipinski definition) is 2. The third-order valence-corrected chi connectivity index (χ3v) is 3.27. The van der Waals surface area contributed by atoms with Gasteiger partial charge in [0, 0.05) is 15.4 Å². The monoisotopic (exact) mass is 421 g/mol. The molecule has 0 fully saturated rings. The van der Waals surface area contributed by atoms with E-state index in [9.17, 15) is 14.7 Å². The van der Waals surface area contributed by atoms with Gasteiger partial charge in [-0.1, -0.05) is 31.9 Å². The number of aliphatic carboxylic acids is 1. The lowest BCUT2D eigenvalue weighted by molar-refractivity contribution is -0.139. The fourth-order valence-corrected chi connectivity index (χ4v) is 3.00. The molecule has 0 saturated heterocycles. The Morgan fingerprint density at radius 1 is 1.24 bits per heavy atom. The molecule has 2 N–H and O–H groups in total. The first kappa shape index (κ1) is 18.0. The van der Waals surface area contributed by atoms with Crippen LogP contribution in [0, 0.1) is 0 Å². The van der Waals surface area contributed by atoms with E-state index in [2.05, 4.69) is 37.2 Å². The number of amides is 1. The van der Waals surface area contributed by atoms with Crippen molar-refractivity contribution in [1.82, 2.24) is 5.32 Å². The number of benzene rings is 1. The lowest BCUT2D eigenvalue weighted by atomic mass is 10.1. The smallest absolute Gasteiger partial charge is 0.408 e. The number of carbonyl (C=O) groups excluding carboxylic acids is 1. The van der Waals surface area contributed by atoms with Crippen molar-refractivity contribution in [3.63, 3.8) is 0 Å². The van der Waals surface area contributed by atoms with Crippen molar-refractivity contribution in [2.24, 2.45) is 0 Å². The van der Waals surface area contributed by atoms with Gasteiger partial charge < -0.3 is 15.2 Å². The van der Waals surface area contributed by atoms with E-state index in [0.29, 0.717) is 0 Å². The molecular weight excluding hydrogens is 406 g/mol. The molecule has 7 heteroatoms. The van der Waals surface area contributed by atoms with Gasteiger partial charge >= 0.3 is 12.1 Å². The average Bonchev–Trinajstić information content (AvgIpc) is 2.23. The Morgan fingerprint density at radius 3 is 2.19 bits per heavy atom. The van der Waals surface area contributed by atoms with Crippen molar-refractivity contribution < 1.29 is 19.4 Å². The van der Waals surface area contributed by atoms with Crippen LogP contribution < -0.4 is 5.32 Å². The van der Waals surface area contributed by atoms with Gasteiger partial charge in [0.2, 0.25) is 0 Å². The van der Waals surface area contributed by atoms with Crippen LogP contribution in [0.15, 0.2) is 27.1 Å². The maximum Gasteiger partial charge on any atom is 0.408 e. The number of halogens is 2. The fourth-order valence-electron chi connectivity index (χ4n) is 1.61. The van der Waals surface area contributed by atoms with Crippen molar-refractivity contribution in [3.05, 3.63) is 32.7 Å². The molecule has 1 atom stereocenters. The maximum absolute atomic E-state index is 11.7. The molecular formula is C14H17Br2NO4. The Balaban J connectivity index is 2.78. The summed E-state index contributed by atoms with van der Waals surface area (Å²) in [6, 6.07) is 4.40. The van der Waals surface area contributed by atoms with E-state index in [1.165, 1.54) is 0 Å². The SMILES string of the molecule is CC(C)(C)OC(=O)NC(Cc1cc(Br)cc(Br)c1)C(=O)O. The molecule has 0 aliphatic heterocycles. The van der Waals surface area contributed by atoms with Crippen LogP contribution in [0.1, 0.15) is 26.3 Å². The van der Waals surface area contributed by atoms with E-state index in [4.69, 9.17) is 4.74 Å². The van der Waals surface area contributed by atoms with Crippen LogP contribution in [0.4, 0.5) is 4.79 Å². The molecule has 0 saturated carbocycles. The second kappa shape index (κ2) is 7.26. The van der Waals surface area contributed by atoms with Crippen molar-refractivity contribution in [1.29, 1.82) is 0 Å². The number of carboxylic acid groups (broad SMARTS) is 1. The first-order chi connectivity index (χ1) is 9.56. The van der Waals surface area contributed by atoms with Crippen molar-refractivity contribution >= 4 is 43.9 Å². The second-order valence-corrected chi connectivity index (χ2v) is 7.35. The highest BCUT2D eigenvalue weighted by atomic mass is 79.9. The summed E-state index contributed by atoms with van der Waals surface area (Å²) in [5, 5.41) is 11.6. The molecule has 0 aromatic heterocycles. The summed E-state index contributed by atoms with van der Waals surface area (Å²) >= 11 is 6.68. The summed E-state index contributed by atoms with van der Waals surface area (Å²) < 4.78 is 6.73. The van der Waals surface area contributed by atoms with Crippen LogP contribution in [0.3, 0.4) is 0 Å². The Labute approximate surface area is 140 Å². The predicted octanol–water partition coefficient (Wildman–Crippen LogP) is 3.73. The predicted molar refractivity (Wildman–Crippen MR) is 86.3 cm³/mol. The van der Waals surface area contributed by atoms with Gasteiger partial charge in [0.15, 0.2) is 0 Å². The van der Waals surface area contributed by atoms with Crippen LogP contribution in [0.2, 0.25) is 0 Å². The molecule has 0 aliphatic rings. The zero-order valence-electron chi connectivity index (χ0n) is 11.9. The van der Waals surface area contributed by atoms with Crippen LogP contribution in [-0.2, 0) is 16.0 Å². The summed E-state index contributed by atoms with van der Waals surface area (Å²) in [5.74, 6) is -1.11. The lowest BCUT2D eigenvalue weighted by Gasteiger charge is -2.22. The topological polar surface area (TPSA) is 75.6 Å². The maximum atomic E-state index is 11.7. The van der Waals surface area contributed by atoms with E-state index >= 15 is 0 Å². The minimum atomic E-state index is -1.11. The number of ether oxygens (including phenoxy) is 1. The highest BCUT2D eigenvalue weighted by molar-refractivity contribution is 9.11. The summed E-state index contributed by atoms with van der Waals surface area (Å²) in [6.07, 6.45) is -0.587. The van der Waals surface area contributed by atoms with E-state index < -0.39 is 23.7 Å². The normalized spacial score (nSPS) is 12.6. The molecule has 1 unspecified atom stereocenters. The van der Waals surface area contributed by atoms with Crippen LogP contribution in [-0.4, -0.2) is 28.8 Å². The molecule has 0 spiro atoms. The van der Waals surface area contributed by atoms with Crippen molar-refractivity contribution in [2.75, 3.05) is 0 Å². The lowest BCUT2D eigenvalue weighted by Crippen LogP contribution is -2.44. The Hall–Kier alpha value is -1.08. The quantitative estimate of drug-likeness (QED) is 0.774. The van der Waals surface area contributed by atoms with Gasteiger partial charge in [-0.05, 0) is 44.5 Å². The number of alkyl carbamates (subject to hydrolysis) is 1. The van der Waals surface area contributed by atoms with E-state index in [1.807, 2.05) is 6.07 Å². The number of nitrogens with one attached hydrogen (secondary N) is 1. The van der Waals surface area contributed by atoms with Crippen LogP contribution in [0.25, 0.3) is 0 Å². The minimum absolute atomic E-state index is 0.159. The van der Waals surface area contributed by atoms with E-state index in [-0.39, 0.29) is 6.42 Å². The molecule has 0 bridgehead atoms. The molecule has 21 heavy (non-hydrogen) atoms. The van der Waals surface area contributed by atoms with Gasteiger partial charge in [-0.25, -0.2) is 9.59 Å². The largest absolute Gasteiger partial charge is 0.480 e. The summed E-state index contributed by atoms with van der Waals surface area (Å²) in [4.78, 5) is 23.0. The van der Waals surface area contributed by atoms with Gasteiger partial charge in [0.05, 0.1) is 0 Å². The van der Waals surface area contributed by atoms with Gasteiger partial charge in [0.25, 0.3) is 0 Å². The summed E-state index contributed by atoms with van der Waals surface area (Å²) in [7, 11) is 0. The zero-order valence-corrected chi connectivity index (χ0v) is 15.1. The first-order valence-corrected chi connectivity index (χ1v) is 7.83. The van der Waals surface area contributed by atoms with Gasteiger partial charge in [-0.3, -0.25) is 0 Å². The molecule has 1 aromatic rings. The number of hydrogen-bond acceptors (Lipinski definition) is 3. The fraction of sp³-hybridized carbons (Fsp3) is 0.429. The third kappa shape index (κ3) is 6.95. The molecule has 1 amide bonds. The van der Waals surface area contributed by atoms with Crippen LogP contribution >= 0.6 is 31.9 Å². The average molecular weight is 423 g/mol. The first-order valence-electron chi connectivity index (χ1n) is 6.24. The second-order valence-electron chi connectivity index (χ2n) is 5.52. The third-order valence-electron chi connectivity index (χ3n) is 2.35. The molecule has 1 aromatic carbocycles. The van der Waals surface area contributed by atoms with Crippen molar-refractivity contribution in [3.8, 4) is 0 Å². The van der Waals surface area contributed by atoms with Crippen molar-refractivity contribution in [2.45, 2.75) is 38.8 Å². The number of carbonyl (C=O) groups is 2. The number of rotatable bonds is 4. The van der Waals surface area contributed by atoms with Gasteiger partial charge in [0.1, 0.15) is 11.6 Å². The molecule has 0 aliphatic carbocycles. The van der Waals surface area contributed by atoms with Crippen LogP contribution in [0.5, 0.6) is 0 Å². The molecule has 5 nitrogen and oxygen atoms in total.